The number of aryl methyl sites for hydroxylation is 1. The molecule has 0 aliphatic carbocycles. The molecule has 0 radical (unpaired) electrons. The van der Waals surface area contributed by atoms with E-state index in [1.54, 1.807) is 6.20 Å². The summed E-state index contributed by atoms with van der Waals surface area (Å²) in [7, 11) is 0. The molecule has 62 valence electrons. The van der Waals surface area contributed by atoms with E-state index in [2.05, 4.69) is 25.9 Å². The Labute approximate surface area is 82.5 Å². The third-order valence-corrected chi connectivity index (χ3v) is 2.81. The lowest BCUT2D eigenvalue weighted by Gasteiger charge is -2.01. The fourth-order valence-corrected chi connectivity index (χ4v) is 1.67. The van der Waals surface area contributed by atoms with Crippen molar-refractivity contribution >= 4 is 33.2 Å². The zero-order chi connectivity index (χ0) is 8.72. The summed E-state index contributed by atoms with van der Waals surface area (Å²) >= 11 is 9.26. The highest BCUT2D eigenvalue weighted by Crippen LogP contribution is 2.21. The zero-order valence-corrected chi connectivity index (χ0v) is 8.59. The van der Waals surface area contributed by atoms with Crippen molar-refractivity contribution in [1.29, 1.82) is 0 Å². The lowest BCUT2D eigenvalue weighted by molar-refractivity contribution is 1.03. The van der Waals surface area contributed by atoms with Crippen LogP contribution < -0.4 is 0 Å². The first-order chi connectivity index (χ1) is 5.70. The Bertz CT molecular complexity index is 437. The summed E-state index contributed by atoms with van der Waals surface area (Å²) in [5, 5.41) is 0.431. The Balaban J connectivity index is 2.97. The molecule has 3 nitrogen and oxygen atoms in total. The molecule has 2 aromatic heterocycles. The Morgan fingerprint density at radius 3 is 3.08 bits per heavy atom. The first kappa shape index (κ1) is 8.01. The van der Waals surface area contributed by atoms with Crippen molar-refractivity contribution in [3.63, 3.8) is 0 Å². The van der Waals surface area contributed by atoms with Crippen LogP contribution in [0.15, 0.2) is 17.0 Å². The average Bonchev–Trinajstić information content (AvgIpc) is 2.48. The molecule has 0 aromatic carbocycles. The molecule has 12 heavy (non-hydrogen) atoms. The van der Waals surface area contributed by atoms with Gasteiger partial charge in [0.15, 0.2) is 10.8 Å². The molecule has 0 aliphatic rings. The fourth-order valence-electron chi connectivity index (χ4n) is 1.03. The van der Waals surface area contributed by atoms with Gasteiger partial charge < -0.3 is 0 Å². The molecule has 0 spiro atoms. The molecule has 0 amide bonds. The quantitative estimate of drug-likeness (QED) is 0.715. The van der Waals surface area contributed by atoms with Crippen molar-refractivity contribution in [2.24, 2.45) is 0 Å². The summed E-state index contributed by atoms with van der Waals surface area (Å²) in [6.45, 7) is 1.88. The number of rotatable bonds is 0. The second-order valence-corrected chi connectivity index (χ2v) is 3.51. The van der Waals surface area contributed by atoms with Crippen LogP contribution in [0, 0.1) is 6.92 Å². The van der Waals surface area contributed by atoms with Gasteiger partial charge in [0, 0.05) is 12.4 Å². The predicted molar refractivity (Wildman–Crippen MR) is 50.4 cm³/mol. The van der Waals surface area contributed by atoms with Gasteiger partial charge in [-0.3, -0.25) is 4.40 Å². The van der Waals surface area contributed by atoms with Crippen LogP contribution in [-0.4, -0.2) is 14.4 Å². The van der Waals surface area contributed by atoms with Gasteiger partial charge in [-0.2, -0.15) is 0 Å². The van der Waals surface area contributed by atoms with Crippen LogP contribution in [0.2, 0.25) is 5.15 Å². The number of hydrogen-bond acceptors (Lipinski definition) is 2. The minimum Gasteiger partial charge on any atom is -0.290 e. The lowest BCUT2D eigenvalue weighted by atomic mass is 10.5. The standard InChI is InChI=1S/C7H5BrClN3/c1-4-5(8)12-3-2-10-7(12)6(9)11-4/h2-3H,1H3. The number of imidazole rings is 1. The largest absolute Gasteiger partial charge is 0.290 e. The van der Waals surface area contributed by atoms with Crippen molar-refractivity contribution in [2.75, 3.05) is 0 Å². The van der Waals surface area contributed by atoms with Crippen molar-refractivity contribution < 1.29 is 0 Å². The molecule has 0 N–H and O–H groups in total. The number of aromatic nitrogens is 3. The number of nitrogens with zero attached hydrogens (tertiary/aromatic N) is 3. The topological polar surface area (TPSA) is 30.2 Å². The molecule has 0 atom stereocenters. The van der Waals surface area contributed by atoms with Crippen LogP contribution in [0.25, 0.3) is 5.65 Å². The highest BCUT2D eigenvalue weighted by atomic mass is 79.9. The Kier molecular flexibility index (Phi) is 1.81. The van der Waals surface area contributed by atoms with Gasteiger partial charge in [-0.1, -0.05) is 11.6 Å². The maximum absolute atomic E-state index is 5.86. The van der Waals surface area contributed by atoms with E-state index in [-0.39, 0.29) is 0 Å². The van der Waals surface area contributed by atoms with Crippen LogP contribution in [0.1, 0.15) is 5.69 Å². The zero-order valence-electron chi connectivity index (χ0n) is 6.25. The summed E-state index contributed by atoms with van der Waals surface area (Å²) in [6.07, 6.45) is 3.52. The van der Waals surface area contributed by atoms with E-state index >= 15 is 0 Å². The Hall–Kier alpha value is -0.610. The highest BCUT2D eigenvalue weighted by Gasteiger charge is 2.07. The molecule has 2 heterocycles. The molecule has 0 saturated heterocycles. The first-order valence-corrected chi connectivity index (χ1v) is 4.52. The van der Waals surface area contributed by atoms with Crippen LogP contribution in [0.4, 0.5) is 0 Å². The molecule has 2 aromatic rings. The SMILES string of the molecule is Cc1nc(Cl)c2nccn2c1Br. The molecule has 0 fully saturated rings. The maximum atomic E-state index is 5.86. The smallest absolute Gasteiger partial charge is 0.175 e. The molecule has 0 aliphatic heterocycles. The van der Waals surface area contributed by atoms with E-state index in [4.69, 9.17) is 11.6 Å². The van der Waals surface area contributed by atoms with Gasteiger partial charge in [0.25, 0.3) is 0 Å². The lowest BCUT2D eigenvalue weighted by Crippen LogP contribution is -1.94. The third-order valence-electron chi connectivity index (χ3n) is 1.60. The molecular formula is C7H5BrClN3. The van der Waals surface area contributed by atoms with Crippen LogP contribution in [0.3, 0.4) is 0 Å². The number of halogens is 2. The molecule has 0 bridgehead atoms. The van der Waals surface area contributed by atoms with Gasteiger partial charge in [0.05, 0.1) is 5.69 Å². The minimum absolute atomic E-state index is 0.431. The van der Waals surface area contributed by atoms with E-state index < -0.39 is 0 Å². The van der Waals surface area contributed by atoms with Gasteiger partial charge in [0.1, 0.15) is 4.60 Å². The van der Waals surface area contributed by atoms with Crippen LogP contribution in [0.5, 0.6) is 0 Å². The van der Waals surface area contributed by atoms with Crippen molar-refractivity contribution in [3.8, 4) is 0 Å². The summed E-state index contributed by atoms with van der Waals surface area (Å²) in [5.74, 6) is 0. The van der Waals surface area contributed by atoms with E-state index in [0.717, 1.165) is 10.3 Å². The van der Waals surface area contributed by atoms with Crippen molar-refractivity contribution in [1.82, 2.24) is 14.4 Å². The minimum atomic E-state index is 0.431. The summed E-state index contributed by atoms with van der Waals surface area (Å²) in [6, 6.07) is 0. The van der Waals surface area contributed by atoms with Gasteiger partial charge in [0.2, 0.25) is 0 Å². The average molecular weight is 246 g/mol. The second kappa shape index (κ2) is 2.71. The number of hydrogen-bond donors (Lipinski definition) is 0. The molecule has 5 heteroatoms. The highest BCUT2D eigenvalue weighted by molar-refractivity contribution is 9.10. The molecule has 0 saturated carbocycles. The second-order valence-electron chi connectivity index (χ2n) is 2.40. The predicted octanol–water partition coefficient (Wildman–Crippen LogP) is 2.45. The van der Waals surface area contributed by atoms with Gasteiger partial charge in [-0.25, -0.2) is 9.97 Å². The van der Waals surface area contributed by atoms with E-state index in [1.165, 1.54) is 0 Å². The van der Waals surface area contributed by atoms with Crippen LogP contribution in [-0.2, 0) is 0 Å². The fraction of sp³-hybridized carbons (Fsp3) is 0.143. The van der Waals surface area contributed by atoms with Gasteiger partial charge >= 0.3 is 0 Å². The summed E-state index contributed by atoms with van der Waals surface area (Å²) in [5.41, 5.74) is 1.53. The maximum Gasteiger partial charge on any atom is 0.175 e. The Morgan fingerprint density at radius 2 is 2.33 bits per heavy atom. The summed E-state index contributed by atoms with van der Waals surface area (Å²) in [4.78, 5) is 8.17. The summed E-state index contributed by atoms with van der Waals surface area (Å²) < 4.78 is 2.74. The van der Waals surface area contributed by atoms with Gasteiger partial charge in [-0.05, 0) is 22.9 Å². The van der Waals surface area contributed by atoms with Crippen molar-refractivity contribution in [2.45, 2.75) is 6.92 Å². The van der Waals surface area contributed by atoms with Gasteiger partial charge in [-0.15, -0.1) is 0 Å². The van der Waals surface area contributed by atoms with E-state index in [9.17, 15) is 0 Å². The van der Waals surface area contributed by atoms with Crippen LogP contribution >= 0.6 is 27.5 Å². The van der Waals surface area contributed by atoms with E-state index in [0.29, 0.717) is 10.8 Å². The van der Waals surface area contributed by atoms with Crippen molar-refractivity contribution in [3.05, 3.63) is 27.8 Å². The molecule has 0 unspecified atom stereocenters. The van der Waals surface area contributed by atoms with E-state index in [1.807, 2.05) is 17.5 Å². The third kappa shape index (κ3) is 1.03. The molecular weight excluding hydrogens is 241 g/mol. The molecule has 2 rings (SSSR count). The normalized spacial score (nSPS) is 10.9. The number of fused-ring (bicyclic) bond motifs is 1. The Morgan fingerprint density at radius 1 is 1.58 bits per heavy atom. The monoisotopic (exact) mass is 245 g/mol. The first-order valence-electron chi connectivity index (χ1n) is 3.35.